The van der Waals surface area contributed by atoms with Gasteiger partial charge in [-0.15, -0.1) is 24.0 Å². The number of hydrogen-bond donors (Lipinski definition) is 1. The Morgan fingerprint density at radius 1 is 1.23 bits per heavy atom. The molecule has 1 saturated carbocycles. The minimum Gasteiger partial charge on any atom is -0.376 e. The van der Waals surface area contributed by atoms with E-state index in [4.69, 9.17) is 9.73 Å². The molecule has 4 nitrogen and oxygen atoms in total. The number of aliphatic imine (C=N–C) groups is 1. The van der Waals surface area contributed by atoms with Gasteiger partial charge in [0, 0.05) is 26.2 Å². The first kappa shape index (κ1) is 18.3. The van der Waals surface area contributed by atoms with Crippen molar-refractivity contribution in [2.45, 2.75) is 64.4 Å². The molecule has 0 bridgehead atoms. The minimum absolute atomic E-state index is 0. The number of likely N-dealkylation sites (tertiary alicyclic amines) is 1. The van der Waals surface area contributed by atoms with Crippen molar-refractivity contribution in [3.05, 3.63) is 0 Å². The molecule has 3 rings (SSSR count). The number of nitrogens with one attached hydrogen (secondary N) is 1. The molecule has 2 heterocycles. The molecular weight excluding hydrogens is 389 g/mol. The zero-order valence-electron chi connectivity index (χ0n) is 14.0. The SMILES string of the molecule is CCNC(=NCC1CCCO1)N1CCC2(CCCCC2)C1.I. The third-order valence-electron chi connectivity index (χ3n) is 5.46. The Bertz CT molecular complexity index is 363. The van der Waals surface area contributed by atoms with Crippen LogP contribution < -0.4 is 5.32 Å². The van der Waals surface area contributed by atoms with Gasteiger partial charge in [-0.05, 0) is 44.4 Å². The van der Waals surface area contributed by atoms with Crippen LogP contribution in [0.25, 0.3) is 0 Å². The van der Waals surface area contributed by atoms with Crippen LogP contribution in [0.4, 0.5) is 0 Å². The molecule has 1 unspecified atom stereocenters. The first-order valence-electron chi connectivity index (χ1n) is 8.96. The highest BCUT2D eigenvalue weighted by Crippen LogP contribution is 2.43. The van der Waals surface area contributed by atoms with Gasteiger partial charge < -0.3 is 15.0 Å². The number of nitrogens with zero attached hydrogens (tertiary/aromatic N) is 2. The Balaban J connectivity index is 0.00000176. The second-order valence-electron chi connectivity index (χ2n) is 7.06. The molecule has 1 spiro atoms. The Morgan fingerprint density at radius 3 is 2.73 bits per heavy atom. The van der Waals surface area contributed by atoms with Crippen LogP contribution >= 0.6 is 24.0 Å². The molecule has 0 aromatic carbocycles. The molecule has 1 N–H and O–H groups in total. The maximum Gasteiger partial charge on any atom is 0.194 e. The van der Waals surface area contributed by atoms with E-state index in [0.717, 1.165) is 25.7 Å². The van der Waals surface area contributed by atoms with Crippen molar-refractivity contribution in [2.75, 3.05) is 32.8 Å². The molecule has 3 fully saturated rings. The highest BCUT2D eigenvalue weighted by Gasteiger charge is 2.39. The van der Waals surface area contributed by atoms with Gasteiger partial charge in [-0.25, -0.2) is 0 Å². The summed E-state index contributed by atoms with van der Waals surface area (Å²) in [7, 11) is 0. The fourth-order valence-electron chi connectivity index (χ4n) is 4.23. The van der Waals surface area contributed by atoms with Crippen molar-refractivity contribution in [2.24, 2.45) is 10.4 Å². The van der Waals surface area contributed by atoms with E-state index >= 15 is 0 Å². The summed E-state index contributed by atoms with van der Waals surface area (Å²) in [6.07, 6.45) is 11.2. The Labute approximate surface area is 152 Å². The Morgan fingerprint density at radius 2 is 2.05 bits per heavy atom. The van der Waals surface area contributed by atoms with E-state index in [9.17, 15) is 0 Å². The molecule has 5 heteroatoms. The molecule has 22 heavy (non-hydrogen) atoms. The van der Waals surface area contributed by atoms with Crippen molar-refractivity contribution < 1.29 is 4.74 Å². The van der Waals surface area contributed by atoms with Gasteiger partial charge in [0.1, 0.15) is 0 Å². The molecule has 128 valence electrons. The maximum absolute atomic E-state index is 5.70. The topological polar surface area (TPSA) is 36.9 Å². The number of ether oxygens (including phenoxy) is 1. The summed E-state index contributed by atoms with van der Waals surface area (Å²) in [6, 6.07) is 0. The molecule has 0 aromatic heterocycles. The molecule has 0 radical (unpaired) electrons. The largest absolute Gasteiger partial charge is 0.376 e. The lowest BCUT2D eigenvalue weighted by atomic mass is 9.73. The van der Waals surface area contributed by atoms with Crippen LogP contribution in [0.2, 0.25) is 0 Å². The van der Waals surface area contributed by atoms with Gasteiger partial charge in [0.05, 0.1) is 12.6 Å². The van der Waals surface area contributed by atoms with Gasteiger partial charge in [0.25, 0.3) is 0 Å². The molecular formula is C17H32IN3O. The summed E-state index contributed by atoms with van der Waals surface area (Å²) in [4.78, 5) is 7.37. The van der Waals surface area contributed by atoms with Gasteiger partial charge in [-0.2, -0.15) is 0 Å². The first-order valence-corrected chi connectivity index (χ1v) is 8.96. The van der Waals surface area contributed by atoms with Crippen LogP contribution in [0.5, 0.6) is 0 Å². The molecule has 3 aliphatic rings. The second-order valence-corrected chi connectivity index (χ2v) is 7.06. The van der Waals surface area contributed by atoms with E-state index in [1.807, 2.05) is 0 Å². The minimum atomic E-state index is 0. The predicted molar refractivity (Wildman–Crippen MR) is 102 cm³/mol. The lowest BCUT2D eigenvalue weighted by molar-refractivity contribution is 0.117. The summed E-state index contributed by atoms with van der Waals surface area (Å²) in [5.41, 5.74) is 0.596. The quantitative estimate of drug-likeness (QED) is 0.431. The van der Waals surface area contributed by atoms with Crippen LogP contribution in [-0.4, -0.2) is 49.7 Å². The molecule has 2 aliphatic heterocycles. The fraction of sp³-hybridized carbons (Fsp3) is 0.941. The van der Waals surface area contributed by atoms with Crippen molar-refractivity contribution >= 4 is 29.9 Å². The highest BCUT2D eigenvalue weighted by atomic mass is 127. The van der Waals surface area contributed by atoms with Crippen LogP contribution in [0, 0.1) is 5.41 Å². The van der Waals surface area contributed by atoms with Crippen LogP contribution in [0.1, 0.15) is 58.3 Å². The van der Waals surface area contributed by atoms with Gasteiger partial charge in [-0.1, -0.05) is 19.3 Å². The van der Waals surface area contributed by atoms with Crippen LogP contribution in [0.3, 0.4) is 0 Å². The molecule has 1 atom stereocenters. The normalized spacial score (nSPS) is 28.0. The Kier molecular flexibility index (Phi) is 7.25. The van der Waals surface area contributed by atoms with Crippen molar-refractivity contribution in [3.8, 4) is 0 Å². The van der Waals surface area contributed by atoms with Crippen LogP contribution in [-0.2, 0) is 4.74 Å². The molecule has 1 aliphatic carbocycles. The lowest BCUT2D eigenvalue weighted by Gasteiger charge is -2.33. The smallest absolute Gasteiger partial charge is 0.194 e. The van der Waals surface area contributed by atoms with E-state index in [1.54, 1.807) is 0 Å². The number of guanidine groups is 1. The van der Waals surface area contributed by atoms with E-state index in [2.05, 4.69) is 17.1 Å². The van der Waals surface area contributed by atoms with Crippen molar-refractivity contribution in [1.82, 2.24) is 10.2 Å². The summed E-state index contributed by atoms with van der Waals surface area (Å²) >= 11 is 0. The first-order chi connectivity index (χ1) is 10.3. The van der Waals surface area contributed by atoms with E-state index in [0.29, 0.717) is 11.5 Å². The third kappa shape index (κ3) is 4.49. The van der Waals surface area contributed by atoms with E-state index < -0.39 is 0 Å². The summed E-state index contributed by atoms with van der Waals surface area (Å²) < 4.78 is 5.70. The number of rotatable bonds is 3. The average Bonchev–Trinajstić information content (AvgIpc) is 3.15. The Hall–Kier alpha value is -0.0400. The monoisotopic (exact) mass is 421 g/mol. The van der Waals surface area contributed by atoms with E-state index in [-0.39, 0.29) is 24.0 Å². The van der Waals surface area contributed by atoms with E-state index in [1.165, 1.54) is 64.5 Å². The van der Waals surface area contributed by atoms with Crippen molar-refractivity contribution in [3.63, 3.8) is 0 Å². The second kappa shape index (κ2) is 8.71. The lowest BCUT2D eigenvalue weighted by Crippen LogP contribution is -2.42. The third-order valence-corrected chi connectivity index (χ3v) is 5.46. The van der Waals surface area contributed by atoms with Gasteiger partial charge in [0.15, 0.2) is 5.96 Å². The van der Waals surface area contributed by atoms with Gasteiger partial charge >= 0.3 is 0 Å². The summed E-state index contributed by atoms with van der Waals surface area (Å²) in [6.45, 7) is 7.25. The molecule has 0 amide bonds. The zero-order valence-corrected chi connectivity index (χ0v) is 16.3. The fourth-order valence-corrected chi connectivity index (χ4v) is 4.23. The number of hydrogen-bond acceptors (Lipinski definition) is 2. The van der Waals surface area contributed by atoms with Crippen molar-refractivity contribution in [1.29, 1.82) is 0 Å². The van der Waals surface area contributed by atoms with Gasteiger partial charge in [-0.3, -0.25) is 4.99 Å². The maximum atomic E-state index is 5.70. The highest BCUT2D eigenvalue weighted by molar-refractivity contribution is 14.0. The summed E-state index contributed by atoms with van der Waals surface area (Å²) in [5.74, 6) is 1.12. The standard InChI is InChI=1S/C17H31N3O.HI/c1-2-18-16(19-13-15-7-6-12-21-15)20-11-10-17(14-20)8-4-3-5-9-17;/h15H,2-14H2,1H3,(H,18,19);1H. The number of halogens is 1. The summed E-state index contributed by atoms with van der Waals surface area (Å²) in [5, 5.41) is 3.49. The van der Waals surface area contributed by atoms with Gasteiger partial charge in [0.2, 0.25) is 0 Å². The van der Waals surface area contributed by atoms with Crippen LogP contribution in [0.15, 0.2) is 4.99 Å². The average molecular weight is 421 g/mol. The zero-order chi connectivity index (χ0) is 14.5. The molecule has 0 aromatic rings. The predicted octanol–water partition coefficient (Wildman–Crippen LogP) is 3.41. The molecule has 2 saturated heterocycles.